The standard InChI is InChI=1S/C15H16F3NO/c1-10-5-6-12(15(16,17)18)9-14(10)19-11(2)8-13-4-3-7-20-13/h3-7,9,11,19H,8H2,1-2H3. The normalized spacial score (nSPS) is 13.2. The Morgan fingerprint density at radius 1 is 1.25 bits per heavy atom. The number of rotatable bonds is 4. The molecule has 0 fully saturated rings. The first-order valence-electron chi connectivity index (χ1n) is 6.33. The van der Waals surface area contributed by atoms with Gasteiger partial charge in [-0.1, -0.05) is 6.07 Å². The monoisotopic (exact) mass is 283 g/mol. The van der Waals surface area contributed by atoms with Crippen LogP contribution < -0.4 is 5.32 Å². The van der Waals surface area contributed by atoms with E-state index in [0.29, 0.717) is 12.1 Å². The molecular formula is C15H16F3NO. The number of alkyl halides is 3. The number of benzene rings is 1. The van der Waals surface area contributed by atoms with Gasteiger partial charge in [-0.25, -0.2) is 0 Å². The maximum Gasteiger partial charge on any atom is 0.416 e. The van der Waals surface area contributed by atoms with E-state index in [1.54, 1.807) is 19.3 Å². The van der Waals surface area contributed by atoms with Crippen molar-refractivity contribution in [3.63, 3.8) is 0 Å². The lowest BCUT2D eigenvalue weighted by Crippen LogP contribution is -2.19. The maximum absolute atomic E-state index is 12.7. The number of nitrogens with one attached hydrogen (secondary N) is 1. The molecule has 0 amide bonds. The van der Waals surface area contributed by atoms with Crippen LogP contribution in [0.15, 0.2) is 41.0 Å². The van der Waals surface area contributed by atoms with Gasteiger partial charge >= 0.3 is 6.18 Å². The van der Waals surface area contributed by atoms with Crippen LogP contribution in [0.5, 0.6) is 0 Å². The van der Waals surface area contributed by atoms with E-state index in [1.807, 2.05) is 13.0 Å². The molecule has 0 saturated heterocycles. The molecule has 20 heavy (non-hydrogen) atoms. The number of furan rings is 1. The van der Waals surface area contributed by atoms with Gasteiger partial charge in [0.15, 0.2) is 0 Å². The molecule has 5 heteroatoms. The zero-order valence-electron chi connectivity index (χ0n) is 11.3. The van der Waals surface area contributed by atoms with Crippen molar-refractivity contribution < 1.29 is 17.6 Å². The first-order chi connectivity index (χ1) is 9.36. The summed E-state index contributed by atoms with van der Waals surface area (Å²) in [6.45, 7) is 3.68. The first-order valence-corrected chi connectivity index (χ1v) is 6.33. The fraction of sp³-hybridized carbons (Fsp3) is 0.333. The summed E-state index contributed by atoms with van der Waals surface area (Å²) in [5.74, 6) is 0.801. The Bertz CT molecular complexity index is 561. The highest BCUT2D eigenvalue weighted by Crippen LogP contribution is 2.32. The predicted octanol–water partition coefficient (Wildman–Crippen LogP) is 4.65. The van der Waals surface area contributed by atoms with Crippen molar-refractivity contribution in [3.05, 3.63) is 53.5 Å². The molecule has 0 radical (unpaired) electrons. The molecule has 0 saturated carbocycles. The topological polar surface area (TPSA) is 25.2 Å². The van der Waals surface area contributed by atoms with E-state index in [-0.39, 0.29) is 6.04 Å². The van der Waals surface area contributed by atoms with Crippen LogP contribution in [0.4, 0.5) is 18.9 Å². The average molecular weight is 283 g/mol. The average Bonchev–Trinajstić information content (AvgIpc) is 2.83. The van der Waals surface area contributed by atoms with Gasteiger partial charge < -0.3 is 9.73 Å². The quantitative estimate of drug-likeness (QED) is 0.883. The second-order valence-electron chi connectivity index (χ2n) is 4.86. The van der Waals surface area contributed by atoms with E-state index in [2.05, 4.69) is 5.32 Å². The Hall–Kier alpha value is -1.91. The summed E-state index contributed by atoms with van der Waals surface area (Å²) in [4.78, 5) is 0. The lowest BCUT2D eigenvalue weighted by Gasteiger charge is -2.18. The number of aryl methyl sites for hydroxylation is 1. The van der Waals surface area contributed by atoms with Gasteiger partial charge in [0.05, 0.1) is 11.8 Å². The molecule has 1 aromatic carbocycles. The number of anilines is 1. The van der Waals surface area contributed by atoms with Crippen LogP contribution in [0.2, 0.25) is 0 Å². The molecule has 2 aromatic rings. The number of halogens is 3. The minimum Gasteiger partial charge on any atom is -0.469 e. The summed E-state index contributed by atoms with van der Waals surface area (Å²) >= 11 is 0. The molecule has 1 atom stereocenters. The molecule has 0 aliphatic rings. The van der Waals surface area contributed by atoms with E-state index in [4.69, 9.17) is 4.42 Å². The molecule has 0 aliphatic heterocycles. The molecule has 2 nitrogen and oxygen atoms in total. The molecule has 0 spiro atoms. The van der Waals surface area contributed by atoms with Crippen molar-refractivity contribution in [2.24, 2.45) is 0 Å². The van der Waals surface area contributed by atoms with Crippen LogP contribution >= 0.6 is 0 Å². The van der Waals surface area contributed by atoms with Gasteiger partial charge in [0, 0.05) is 18.2 Å². The van der Waals surface area contributed by atoms with Crippen molar-refractivity contribution in [1.82, 2.24) is 0 Å². The molecule has 1 heterocycles. The first kappa shape index (κ1) is 14.5. The summed E-state index contributed by atoms with van der Waals surface area (Å²) < 4.78 is 43.3. The van der Waals surface area contributed by atoms with Crippen LogP contribution in [0.1, 0.15) is 23.8 Å². The molecule has 108 valence electrons. The lowest BCUT2D eigenvalue weighted by atomic mass is 10.1. The Kier molecular flexibility index (Phi) is 4.06. The van der Waals surface area contributed by atoms with Gasteiger partial charge in [0.1, 0.15) is 5.76 Å². The maximum atomic E-state index is 12.7. The van der Waals surface area contributed by atoms with Crippen LogP contribution in [-0.2, 0) is 12.6 Å². The SMILES string of the molecule is Cc1ccc(C(F)(F)F)cc1NC(C)Cc1ccco1. The second kappa shape index (κ2) is 5.61. The third-order valence-electron chi connectivity index (χ3n) is 3.05. The fourth-order valence-corrected chi connectivity index (χ4v) is 2.00. The molecule has 1 N–H and O–H groups in total. The second-order valence-corrected chi connectivity index (χ2v) is 4.86. The molecule has 0 aliphatic carbocycles. The Labute approximate surface area is 115 Å². The van der Waals surface area contributed by atoms with Gasteiger partial charge in [0.2, 0.25) is 0 Å². The largest absolute Gasteiger partial charge is 0.469 e. The van der Waals surface area contributed by atoms with Gasteiger partial charge in [-0.2, -0.15) is 13.2 Å². The van der Waals surface area contributed by atoms with Gasteiger partial charge in [-0.05, 0) is 43.7 Å². The molecular weight excluding hydrogens is 267 g/mol. The lowest BCUT2D eigenvalue weighted by molar-refractivity contribution is -0.137. The third kappa shape index (κ3) is 3.56. The van der Waals surface area contributed by atoms with E-state index in [1.165, 1.54) is 6.07 Å². The van der Waals surface area contributed by atoms with E-state index in [0.717, 1.165) is 23.5 Å². The van der Waals surface area contributed by atoms with E-state index < -0.39 is 11.7 Å². The summed E-state index contributed by atoms with van der Waals surface area (Å²) in [6, 6.07) is 7.33. The van der Waals surface area contributed by atoms with Crippen molar-refractivity contribution in [1.29, 1.82) is 0 Å². The van der Waals surface area contributed by atoms with Gasteiger partial charge in [0.25, 0.3) is 0 Å². The van der Waals surface area contributed by atoms with Crippen LogP contribution in [0.3, 0.4) is 0 Å². The molecule has 1 unspecified atom stereocenters. The molecule has 1 aromatic heterocycles. The number of hydrogen-bond acceptors (Lipinski definition) is 2. The zero-order valence-corrected chi connectivity index (χ0v) is 11.3. The highest BCUT2D eigenvalue weighted by atomic mass is 19.4. The van der Waals surface area contributed by atoms with E-state index >= 15 is 0 Å². The fourth-order valence-electron chi connectivity index (χ4n) is 2.00. The van der Waals surface area contributed by atoms with Crippen molar-refractivity contribution in [2.45, 2.75) is 32.5 Å². The van der Waals surface area contributed by atoms with E-state index in [9.17, 15) is 13.2 Å². The van der Waals surface area contributed by atoms with Crippen LogP contribution in [-0.4, -0.2) is 6.04 Å². The Balaban J connectivity index is 2.12. The highest BCUT2D eigenvalue weighted by Gasteiger charge is 2.30. The third-order valence-corrected chi connectivity index (χ3v) is 3.05. The van der Waals surface area contributed by atoms with Gasteiger partial charge in [-0.15, -0.1) is 0 Å². The van der Waals surface area contributed by atoms with Crippen molar-refractivity contribution in [3.8, 4) is 0 Å². The summed E-state index contributed by atoms with van der Waals surface area (Å²) in [7, 11) is 0. The smallest absolute Gasteiger partial charge is 0.416 e. The minimum atomic E-state index is -4.33. The molecule has 2 rings (SSSR count). The Morgan fingerprint density at radius 2 is 2.00 bits per heavy atom. The predicted molar refractivity (Wildman–Crippen MR) is 71.7 cm³/mol. The van der Waals surface area contributed by atoms with Crippen LogP contribution in [0, 0.1) is 6.92 Å². The number of hydrogen-bond donors (Lipinski definition) is 1. The van der Waals surface area contributed by atoms with Crippen LogP contribution in [0.25, 0.3) is 0 Å². The summed E-state index contributed by atoms with van der Waals surface area (Å²) in [5.41, 5.74) is 0.638. The highest BCUT2D eigenvalue weighted by molar-refractivity contribution is 5.53. The van der Waals surface area contributed by atoms with Crippen molar-refractivity contribution in [2.75, 3.05) is 5.32 Å². The summed E-state index contributed by atoms with van der Waals surface area (Å²) in [5, 5.41) is 3.10. The molecule has 0 bridgehead atoms. The van der Waals surface area contributed by atoms with Gasteiger partial charge in [-0.3, -0.25) is 0 Å². The zero-order chi connectivity index (χ0) is 14.8. The van der Waals surface area contributed by atoms with Crippen molar-refractivity contribution >= 4 is 5.69 Å². The summed E-state index contributed by atoms with van der Waals surface area (Å²) in [6.07, 6.45) is -2.13. The minimum absolute atomic E-state index is 0.0247. The Morgan fingerprint density at radius 3 is 2.60 bits per heavy atom.